The van der Waals surface area contributed by atoms with Crippen LogP contribution in [0.25, 0.3) is 10.9 Å². The fourth-order valence-corrected chi connectivity index (χ4v) is 7.60. The third-order valence-electron chi connectivity index (χ3n) is 6.81. The Morgan fingerprint density at radius 1 is 1.19 bits per heavy atom. The maximum absolute atomic E-state index is 13.0. The van der Waals surface area contributed by atoms with Crippen LogP contribution in [0.5, 0.6) is 0 Å². The molecule has 5 rings (SSSR count). The molecular weight excluding hydrogens is 362 g/mol. The van der Waals surface area contributed by atoms with Crippen molar-refractivity contribution in [1.29, 1.82) is 0 Å². The fourth-order valence-electron chi connectivity index (χ4n) is 5.19. The Balaban J connectivity index is 1.38. The average molecular weight is 388 g/mol. The molecule has 3 fully saturated rings. The van der Waals surface area contributed by atoms with E-state index in [1.165, 1.54) is 12.8 Å². The van der Waals surface area contributed by atoms with Crippen LogP contribution < -0.4 is 0 Å². The number of hydrogen-bond acceptors (Lipinski definition) is 4. The van der Waals surface area contributed by atoms with Crippen LogP contribution in [0.4, 0.5) is 0 Å². The van der Waals surface area contributed by atoms with Gasteiger partial charge in [0.25, 0.3) is 5.91 Å². The molecule has 1 atom stereocenters. The first kappa shape index (κ1) is 17.3. The summed E-state index contributed by atoms with van der Waals surface area (Å²) in [6, 6.07) is 7.54. The topological polar surface area (TPSA) is 73.5 Å². The van der Waals surface area contributed by atoms with E-state index in [4.69, 9.17) is 0 Å². The van der Waals surface area contributed by atoms with Crippen molar-refractivity contribution < 1.29 is 13.2 Å². The van der Waals surface area contributed by atoms with Crippen LogP contribution in [0.15, 0.2) is 30.5 Å². The second-order valence-electron chi connectivity index (χ2n) is 8.28. The van der Waals surface area contributed by atoms with E-state index in [9.17, 15) is 13.2 Å². The van der Waals surface area contributed by atoms with Gasteiger partial charge in [-0.1, -0.05) is 6.07 Å². The largest absolute Gasteiger partial charge is 0.361 e. The number of nitrogens with one attached hydrogen (secondary N) is 1. The number of amides is 1. The molecule has 1 aromatic heterocycles. The van der Waals surface area contributed by atoms with E-state index in [0.717, 1.165) is 37.0 Å². The minimum absolute atomic E-state index is 0.0622. The molecule has 0 radical (unpaired) electrons. The van der Waals surface area contributed by atoms with Gasteiger partial charge in [-0.3, -0.25) is 4.79 Å². The van der Waals surface area contributed by atoms with Crippen molar-refractivity contribution in [3.05, 3.63) is 36.0 Å². The molecule has 144 valence electrons. The van der Waals surface area contributed by atoms with Gasteiger partial charge >= 0.3 is 0 Å². The van der Waals surface area contributed by atoms with Crippen molar-refractivity contribution in [2.45, 2.75) is 24.0 Å². The second-order valence-corrected chi connectivity index (χ2v) is 10.7. The molecule has 4 heterocycles. The molecule has 1 aromatic carbocycles. The number of fused-ring (bicyclic) bond motifs is 1. The molecule has 7 heteroatoms. The summed E-state index contributed by atoms with van der Waals surface area (Å²) in [4.78, 5) is 20.3. The van der Waals surface area contributed by atoms with Crippen LogP contribution in [0.2, 0.25) is 0 Å². The maximum Gasteiger partial charge on any atom is 0.254 e. The Morgan fingerprint density at radius 3 is 2.74 bits per heavy atom. The van der Waals surface area contributed by atoms with Crippen LogP contribution in [0.1, 0.15) is 29.6 Å². The van der Waals surface area contributed by atoms with Gasteiger partial charge in [0, 0.05) is 42.3 Å². The summed E-state index contributed by atoms with van der Waals surface area (Å²) < 4.78 is 25.0. The summed E-state index contributed by atoms with van der Waals surface area (Å²) in [5.74, 6) is 0.349. The van der Waals surface area contributed by atoms with Crippen LogP contribution in [-0.4, -0.2) is 72.3 Å². The average Bonchev–Trinajstić information content (AvgIpc) is 3.32. The number of benzene rings is 1. The number of likely N-dealkylation sites (tertiary alicyclic amines) is 2. The van der Waals surface area contributed by atoms with Crippen LogP contribution in [-0.2, 0) is 9.84 Å². The van der Waals surface area contributed by atoms with E-state index < -0.39 is 14.6 Å². The van der Waals surface area contributed by atoms with Gasteiger partial charge in [0.1, 0.15) is 4.75 Å². The lowest BCUT2D eigenvalue weighted by Gasteiger charge is -2.50. The number of carbonyl (C=O) groups is 1. The lowest BCUT2D eigenvalue weighted by molar-refractivity contribution is 0.0435. The third-order valence-corrected chi connectivity index (χ3v) is 9.41. The summed E-state index contributed by atoms with van der Waals surface area (Å²) in [6.07, 6.45) is 4.97. The third kappa shape index (κ3) is 2.55. The zero-order valence-corrected chi connectivity index (χ0v) is 16.2. The first-order valence-electron chi connectivity index (χ1n) is 9.80. The van der Waals surface area contributed by atoms with Gasteiger partial charge in [0.2, 0.25) is 0 Å². The number of hydrogen-bond donors (Lipinski definition) is 1. The first-order chi connectivity index (χ1) is 13.0. The Hall–Kier alpha value is -1.86. The molecule has 0 saturated carbocycles. The van der Waals surface area contributed by atoms with Crippen molar-refractivity contribution in [2.75, 3.05) is 38.5 Å². The van der Waals surface area contributed by atoms with Crippen molar-refractivity contribution >= 4 is 26.6 Å². The normalized spacial score (nSPS) is 26.7. The van der Waals surface area contributed by atoms with E-state index in [0.29, 0.717) is 18.7 Å². The molecular formula is C20H25N3O3S. The summed E-state index contributed by atoms with van der Waals surface area (Å²) in [5, 5.41) is 0.895. The van der Waals surface area contributed by atoms with Crippen molar-refractivity contribution in [2.24, 2.45) is 5.92 Å². The van der Waals surface area contributed by atoms with Gasteiger partial charge in [0.15, 0.2) is 9.84 Å². The highest BCUT2D eigenvalue weighted by atomic mass is 32.2. The molecule has 3 aliphatic heterocycles. The Kier molecular flexibility index (Phi) is 3.88. The predicted molar refractivity (Wildman–Crippen MR) is 105 cm³/mol. The number of H-pyrrole nitrogens is 1. The highest BCUT2D eigenvalue weighted by Crippen LogP contribution is 2.45. The molecule has 0 bridgehead atoms. The summed E-state index contributed by atoms with van der Waals surface area (Å²) in [5.41, 5.74) is 1.58. The molecule has 3 aliphatic rings. The maximum atomic E-state index is 13.0. The number of nitrogens with zero attached hydrogens (tertiary/aromatic N) is 2. The zero-order valence-electron chi connectivity index (χ0n) is 15.4. The minimum atomic E-state index is -3.15. The molecule has 1 unspecified atom stereocenters. The monoisotopic (exact) mass is 387 g/mol. The number of carbonyl (C=O) groups excluding carboxylic acids is 1. The van der Waals surface area contributed by atoms with Crippen LogP contribution in [0.3, 0.4) is 0 Å². The predicted octanol–water partition coefficient (Wildman–Crippen LogP) is 1.89. The molecule has 0 aliphatic carbocycles. The van der Waals surface area contributed by atoms with Crippen molar-refractivity contribution in [3.8, 4) is 0 Å². The Morgan fingerprint density at radius 2 is 1.96 bits per heavy atom. The number of sulfone groups is 1. The number of aromatic amines is 1. The van der Waals surface area contributed by atoms with Gasteiger partial charge in [-0.2, -0.15) is 0 Å². The van der Waals surface area contributed by atoms with E-state index in [1.807, 2.05) is 30.5 Å². The molecule has 27 heavy (non-hydrogen) atoms. The first-order valence-corrected chi connectivity index (χ1v) is 11.5. The second kappa shape index (κ2) is 6.07. The smallest absolute Gasteiger partial charge is 0.254 e. The molecule has 1 N–H and O–H groups in total. The van der Waals surface area contributed by atoms with Gasteiger partial charge in [-0.25, -0.2) is 8.42 Å². The Bertz CT molecular complexity index is 985. The lowest BCUT2D eigenvalue weighted by Crippen LogP contribution is -2.69. The van der Waals surface area contributed by atoms with Crippen molar-refractivity contribution in [1.82, 2.24) is 14.8 Å². The van der Waals surface area contributed by atoms with Gasteiger partial charge < -0.3 is 14.8 Å². The highest BCUT2D eigenvalue weighted by Gasteiger charge is 2.62. The summed E-state index contributed by atoms with van der Waals surface area (Å²) >= 11 is 0. The fraction of sp³-hybridized carbons (Fsp3) is 0.550. The van der Waals surface area contributed by atoms with E-state index in [1.54, 1.807) is 4.90 Å². The van der Waals surface area contributed by atoms with Gasteiger partial charge in [0.05, 0.1) is 5.75 Å². The molecule has 6 nitrogen and oxygen atoms in total. The number of rotatable bonds is 3. The van der Waals surface area contributed by atoms with Gasteiger partial charge in [-0.05, 0) is 56.5 Å². The lowest BCUT2D eigenvalue weighted by atomic mass is 9.82. The standard InChI is InChI=1S/C20H25N3O3S/c24-19(17-4-3-5-18-16(17)6-8-21-18)23-13-20(14-23)15(7-11-27(20,25)26)12-22-9-1-2-10-22/h3-6,8,15,21H,1-2,7,9-14H2. The zero-order chi connectivity index (χ0) is 18.6. The summed E-state index contributed by atoms with van der Waals surface area (Å²) in [7, 11) is -3.15. The van der Waals surface area contributed by atoms with Crippen LogP contribution >= 0.6 is 0 Å². The van der Waals surface area contributed by atoms with E-state index in [2.05, 4.69) is 9.88 Å². The SMILES string of the molecule is O=C(c1cccc2[nH]ccc12)N1CC2(C1)C(CN1CCCC1)CCS2(=O)=O. The summed E-state index contributed by atoms with van der Waals surface area (Å²) in [6.45, 7) is 3.69. The van der Waals surface area contributed by atoms with Crippen molar-refractivity contribution in [3.63, 3.8) is 0 Å². The van der Waals surface area contributed by atoms with Gasteiger partial charge in [-0.15, -0.1) is 0 Å². The van der Waals surface area contributed by atoms with E-state index in [-0.39, 0.29) is 17.6 Å². The number of aromatic nitrogens is 1. The molecule has 1 spiro atoms. The van der Waals surface area contributed by atoms with E-state index >= 15 is 0 Å². The highest BCUT2D eigenvalue weighted by molar-refractivity contribution is 7.93. The minimum Gasteiger partial charge on any atom is -0.361 e. The molecule has 2 aromatic rings. The molecule has 1 amide bonds. The quantitative estimate of drug-likeness (QED) is 0.873. The Labute approximate surface area is 159 Å². The molecule has 3 saturated heterocycles. The van der Waals surface area contributed by atoms with Crippen LogP contribution in [0, 0.1) is 5.92 Å².